The van der Waals surface area contributed by atoms with Crippen LogP contribution in [0.25, 0.3) is 0 Å². The first-order chi connectivity index (χ1) is 16.1. The molecule has 6 nitrogen and oxygen atoms in total. The van der Waals surface area contributed by atoms with Crippen LogP contribution in [0.15, 0.2) is 12.1 Å². The van der Waals surface area contributed by atoms with Crippen molar-refractivity contribution in [2.24, 2.45) is 0 Å². The number of fused-ring (bicyclic) bond motifs is 1. The molecule has 0 bridgehead atoms. The fourth-order valence-electron chi connectivity index (χ4n) is 5.57. The normalized spacial score (nSPS) is 27.8. The maximum atomic E-state index is 14.2. The number of nitrogens with one attached hydrogen (secondary N) is 2. The third-order valence-corrected chi connectivity index (χ3v) is 7.43. The minimum atomic E-state index is -4.48. The van der Waals surface area contributed by atoms with Crippen molar-refractivity contribution in [3.8, 4) is 0 Å². The zero-order chi connectivity index (χ0) is 24.6. The molecule has 4 rings (SSSR count). The summed E-state index contributed by atoms with van der Waals surface area (Å²) in [5.41, 5.74) is 2.06. The maximum Gasteiger partial charge on any atom is 0.410 e. The Morgan fingerprint density at radius 1 is 1.21 bits per heavy atom. The fraction of sp³-hybridized carbons (Fsp3) is 0.667. The second-order valence-electron chi connectivity index (χ2n) is 9.64. The topological polar surface area (TPSA) is 64.7 Å². The molecule has 10 heteroatoms. The number of rotatable bonds is 4. The van der Waals surface area contributed by atoms with Gasteiger partial charge >= 0.3 is 6.18 Å². The van der Waals surface area contributed by atoms with E-state index in [-0.39, 0.29) is 49.7 Å². The van der Waals surface area contributed by atoms with Crippen LogP contribution in [0.3, 0.4) is 0 Å². The molecule has 2 N–H and O–H groups in total. The standard InChI is InChI=1S/C24H32F4N4O2/c1-3-21(33)32-10-9-31(13-20(32)24(26,27)28)16-6-4-5-15(11-16)29-23(34)19-12-17-18(25)8-7-14(2)22(17)30-19/h7-8,15-16,19-20,30H,3-6,9-13H2,1-2H3,(H,29,34)/t15-,16?,19?,20+/m1/s1. The Kier molecular flexibility index (Phi) is 7.07. The summed E-state index contributed by atoms with van der Waals surface area (Å²) in [7, 11) is 0. The Morgan fingerprint density at radius 2 is 1.97 bits per heavy atom. The second-order valence-corrected chi connectivity index (χ2v) is 9.64. The molecule has 2 aliphatic heterocycles. The van der Waals surface area contributed by atoms with Gasteiger partial charge in [-0.25, -0.2) is 4.39 Å². The highest BCUT2D eigenvalue weighted by Gasteiger charge is 2.49. The number of hydrogen-bond acceptors (Lipinski definition) is 4. The van der Waals surface area contributed by atoms with E-state index in [1.807, 2.05) is 11.8 Å². The van der Waals surface area contributed by atoms with Crippen LogP contribution in [0, 0.1) is 12.7 Å². The van der Waals surface area contributed by atoms with Crippen LogP contribution in [0.2, 0.25) is 0 Å². The number of aryl methyl sites for hydroxylation is 1. The molecule has 3 aliphatic rings. The van der Waals surface area contributed by atoms with E-state index in [9.17, 15) is 27.2 Å². The molecule has 34 heavy (non-hydrogen) atoms. The van der Waals surface area contributed by atoms with Gasteiger partial charge in [-0.2, -0.15) is 13.2 Å². The van der Waals surface area contributed by atoms with Crippen LogP contribution in [0.5, 0.6) is 0 Å². The van der Waals surface area contributed by atoms with E-state index < -0.39 is 24.2 Å². The molecule has 0 radical (unpaired) electrons. The number of nitrogens with zero attached hydrogens (tertiary/aromatic N) is 2. The van der Waals surface area contributed by atoms with Gasteiger partial charge in [-0.3, -0.25) is 14.5 Å². The Morgan fingerprint density at radius 3 is 2.65 bits per heavy atom. The maximum absolute atomic E-state index is 14.2. The summed E-state index contributed by atoms with van der Waals surface area (Å²) < 4.78 is 55.3. The van der Waals surface area contributed by atoms with E-state index in [0.29, 0.717) is 24.2 Å². The highest BCUT2D eigenvalue weighted by atomic mass is 19.4. The van der Waals surface area contributed by atoms with Gasteiger partial charge in [0.2, 0.25) is 11.8 Å². The van der Waals surface area contributed by atoms with E-state index >= 15 is 0 Å². The molecule has 0 aromatic heterocycles. The van der Waals surface area contributed by atoms with Gasteiger partial charge < -0.3 is 15.5 Å². The molecule has 1 aromatic carbocycles. The van der Waals surface area contributed by atoms with Gasteiger partial charge in [-0.1, -0.05) is 13.0 Å². The van der Waals surface area contributed by atoms with Crippen molar-refractivity contribution in [2.45, 2.75) is 82.7 Å². The van der Waals surface area contributed by atoms with Crippen molar-refractivity contribution < 1.29 is 27.2 Å². The first kappa shape index (κ1) is 24.8. The van der Waals surface area contributed by atoms with Crippen LogP contribution < -0.4 is 10.6 Å². The number of hydrogen-bond donors (Lipinski definition) is 2. The van der Waals surface area contributed by atoms with Gasteiger partial charge in [0.05, 0.1) is 0 Å². The predicted molar refractivity (Wildman–Crippen MR) is 120 cm³/mol. The lowest BCUT2D eigenvalue weighted by molar-refractivity contribution is -0.203. The van der Waals surface area contributed by atoms with Crippen LogP contribution in [-0.4, -0.2) is 71.6 Å². The molecule has 0 spiro atoms. The summed E-state index contributed by atoms with van der Waals surface area (Å²) in [6.45, 7) is 3.64. The van der Waals surface area contributed by atoms with Gasteiger partial charge in [-0.15, -0.1) is 0 Å². The van der Waals surface area contributed by atoms with Crippen molar-refractivity contribution in [1.82, 2.24) is 15.1 Å². The molecular weight excluding hydrogens is 452 g/mol. The van der Waals surface area contributed by atoms with Crippen LogP contribution in [0.1, 0.15) is 50.2 Å². The monoisotopic (exact) mass is 484 g/mol. The minimum absolute atomic E-state index is 0.0482. The summed E-state index contributed by atoms with van der Waals surface area (Å²) in [4.78, 5) is 27.8. The molecular formula is C24H32F4N4O2. The van der Waals surface area contributed by atoms with Gasteiger partial charge in [0.1, 0.15) is 17.9 Å². The van der Waals surface area contributed by atoms with Crippen molar-refractivity contribution in [3.05, 3.63) is 29.1 Å². The second kappa shape index (κ2) is 9.71. The Labute approximate surface area is 197 Å². The van der Waals surface area contributed by atoms with Crippen LogP contribution in [0.4, 0.5) is 23.2 Å². The summed E-state index contributed by atoms with van der Waals surface area (Å²) in [5, 5.41) is 6.17. The van der Waals surface area contributed by atoms with Gasteiger partial charge in [0.25, 0.3) is 0 Å². The first-order valence-corrected chi connectivity index (χ1v) is 12.0. The SMILES string of the molecule is CCC(=O)N1CCN(C2CCC[C@@H](NC(=O)C3Cc4c(F)ccc(C)c4N3)C2)C[C@H]1C(F)(F)F. The van der Waals surface area contributed by atoms with Gasteiger partial charge in [0.15, 0.2) is 0 Å². The smallest absolute Gasteiger partial charge is 0.373 e. The summed E-state index contributed by atoms with van der Waals surface area (Å²) in [6.07, 6.45) is -1.29. The number of benzene rings is 1. The number of alkyl halides is 3. The molecule has 1 aromatic rings. The molecule has 188 valence electrons. The molecule has 2 unspecified atom stereocenters. The minimum Gasteiger partial charge on any atom is -0.373 e. The fourth-order valence-corrected chi connectivity index (χ4v) is 5.57. The highest BCUT2D eigenvalue weighted by molar-refractivity contribution is 5.88. The van der Waals surface area contributed by atoms with E-state index in [4.69, 9.17) is 0 Å². The number of carbonyl (C=O) groups excluding carboxylic acids is 2. The van der Waals surface area contributed by atoms with Crippen molar-refractivity contribution in [3.63, 3.8) is 0 Å². The number of carbonyl (C=O) groups is 2. The average Bonchev–Trinajstić information content (AvgIpc) is 3.27. The lowest BCUT2D eigenvalue weighted by atomic mass is 9.88. The Hall–Kier alpha value is -2.36. The molecule has 4 atom stereocenters. The Balaban J connectivity index is 1.36. The third-order valence-electron chi connectivity index (χ3n) is 7.43. The molecule has 1 saturated heterocycles. The zero-order valence-electron chi connectivity index (χ0n) is 19.6. The number of halogens is 4. The lowest BCUT2D eigenvalue weighted by Gasteiger charge is -2.46. The van der Waals surface area contributed by atoms with E-state index in [1.54, 1.807) is 13.0 Å². The average molecular weight is 485 g/mol. The largest absolute Gasteiger partial charge is 0.410 e. The van der Waals surface area contributed by atoms with Crippen molar-refractivity contribution in [2.75, 3.05) is 25.0 Å². The van der Waals surface area contributed by atoms with Crippen LogP contribution >= 0.6 is 0 Å². The van der Waals surface area contributed by atoms with E-state index in [2.05, 4.69) is 10.6 Å². The molecule has 2 amide bonds. The van der Waals surface area contributed by atoms with E-state index in [0.717, 1.165) is 29.7 Å². The quantitative estimate of drug-likeness (QED) is 0.644. The number of anilines is 1. The summed E-state index contributed by atoms with van der Waals surface area (Å²) in [6, 6.07) is 0.477. The zero-order valence-corrected chi connectivity index (χ0v) is 19.6. The van der Waals surface area contributed by atoms with Gasteiger partial charge in [0, 0.05) is 55.8 Å². The molecule has 2 heterocycles. The summed E-state index contributed by atoms with van der Waals surface area (Å²) in [5.74, 6) is -1.03. The number of amides is 2. The molecule has 1 saturated carbocycles. The predicted octanol–water partition coefficient (Wildman–Crippen LogP) is 3.38. The van der Waals surface area contributed by atoms with Crippen LogP contribution in [-0.2, 0) is 16.0 Å². The van der Waals surface area contributed by atoms with Gasteiger partial charge in [-0.05, 0) is 44.2 Å². The van der Waals surface area contributed by atoms with Crippen molar-refractivity contribution >= 4 is 17.5 Å². The number of piperazine rings is 1. The summed E-state index contributed by atoms with van der Waals surface area (Å²) >= 11 is 0. The highest BCUT2D eigenvalue weighted by Crippen LogP contribution is 2.33. The van der Waals surface area contributed by atoms with E-state index in [1.165, 1.54) is 6.07 Å². The molecule has 2 fully saturated rings. The third kappa shape index (κ3) is 5.01. The molecule has 1 aliphatic carbocycles. The Bertz CT molecular complexity index is 907. The lowest BCUT2D eigenvalue weighted by Crippen LogP contribution is -2.63. The van der Waals surface area contributed by atoms with Crippen molar-refractivity contribution in [1.29, 1.82) is 0 Å². The first-order valence-electron chi connectivity index (χ1n) is 12.0.